The number of methoxy groups -OCH3 is 1. The van der Waals surface area contributed by atoms with E-state index >= 15 is 0 Å². The van der Waals surface area contributed by atoms with Crippen LogP contribution in [0.5, 0.6) is 5.75 Å². The van der Waals surface area contributed by atoms with Gasteiger partial charge in [0.1, 0.15) is 5.75 Å². The summed E-state index contributed by atoms with van der Waals surface area (Å²) < 4.78 is 5.41. The van der Waals surface area contributed by atoms with E-state index in [0.717, 1.165) is 16.9 Å². The van der Waals surface area contributed by atoms with Crippen LogP contribution in [0, 0.1) is 6.92 Å². The molecule has 5 heteroatoms. The summed E-state index contributed by atoms with van der Waals surface area (Å²) >= 11 is 12.1. The molecule has 21 heavy (non-hydrogen) atoms. The maximum atomic E-state index is 6.06. The van der Waals surface area contributed by atoms with Gasteiger partial charge < -0.3 is 4.74 Å². The van der Waals surface area contributed by atoms with Gasteiger partial charge in [0.05, 0.1) is 13.2 Å². The normalized spacial score (nSPS) is 12.2. The lowest BCUT2D eigenvalue weighted by Gasteiger charge is -2.19. The van der Waals surface area contributed by atoms with Crippen molar-refractivity contribution in [3.63, 3.8) is 0 Å². The second-order valence-corrected chi connectivity index (χ2v) is 5.81. The Hall–Kier alpha value is -1.26. The molecule has 0 heterocycles. The molecule has 2 aromatic rings. The number of hydrogen-bond acceptors (Lipinski definition) is 3. The van der Waals surface area contributed by atoms with Crippen LogP contribution in [-0.4, -0.2) is 7.11 Å². The molecule has 2 rings (SSSR count). The van der Waals surface area contributed by atoms with Crippen LogP contribution in [0.25, 0.3) is 0 Å². The van der Waals surface area contributed by atoms with E-state index in [2.05, 4.69) is 11.5 Å². The standard InChI is InChI=1S/C16H18Cl2N2O/c1-10-3-4-16(21-2)12(5-10)8-15(20-19)11-6-13(17)9-14(18)7-11/h3-7,9,15,20H,8,19H2,1-2H3. The van der Waals surface area contributed by atoms with Crippen molar-refractivity contribution < 1.29 is 4.74 Å². The van der Waals surface area contributed by atoms with Gasteiger partial charge in [-0.25, -0.2) is 0 Å². The molecule has 1 atom stereocenters. The van der Waals surface area contributed by atoms with Crippen LogP contribution in [0.1, 0.15) is 22.7 Å². The molecule has 0 aromatic heterocycles. The molecule has 0 aliphatic rings. The quantitative estimate of drug-likeness (QED) is 0.644. The van der Waals surface area contributed by atoms with Crippen LogP contribution in [0.15, 0.2) is 36.4 Å². The predicted octanol–water partition coefficient (Wildman–Crippen LogP) is 4.06. The first-order valence-electron chi connectivity index (χ1n) is 6.59. The fraction of sp³-hybridized carbons (Fsp3) is 0.250. The molecule has 0 spiro atoms. The Morgan fingerprint density at radius 3 is 2.38 bits per heavy atom. The molecule has 1 unspecified atom stereocenters. The maximum absolute atomic E-state index is 6.06. The van der Waals surface area contributed by atoms with Gasteiger partial charge >= 0.3 is 0 Å². The highest BCUT2D eigenvalue weighted by molar-refractivity contribution is 6.34. The molecule has 0 saturated carbocycles. The van der Waals surface area contributed by atoms with Crippen LogP contribution in [0.3, 0.4) is 0 Å². The van der Waals surface area contributed by atoms with Gasteiger partial charge in [0, 0.05) is 10.0 Å². The van der Waals surface area contributed by atoms with Crippen molar-refractivity contribution in [1.82, 2.24) is 5.43 Å². The van der Waals surface area contributed by atoms with Crippen LogP contribution in [0.2, 0.25) is 10.0 Å². The smallest absolute Gasteiger partial charge is 0.122 e. The highest BCUT2D eigenvalue weighted by Crippen LogP contribution is 2.28. The number of halogens is 2. The lowest BCUT2D eigenvalue weighted by Crippen LogP contribution is -2.29. The fourth-order valence-electron chi connectivity index (χ4n) is 2.34. The van der Waals surface area contributed by atoms with E-state index < -0.39 is 0 Å². The number of ether oxygens (including phenoxy) is 1. The van der Waals surface area contributed by atoms with E-state index in [1.54, 1.807) is 13.2 Å². The summed E-state index contributed by atoms with van der Waals surface area (Å²) in [5.74, 6) is 6.55. The van der Waals surface area contributed by atoms with Gasteiger partial charge in [-0.3, -0.25) is 11.3 Å². The number of hydrogen-bond donors (Lipinski definition) is 2. The van der Waals surface area contributed by atoms with E-state index in [0.29, 0.717) is 16.5 Å². The minimum absolute atomic E-state index is 0.100. The zero-order valence-electron chi connectivity index (χ0n) is 12.0. The number of rotatable bonds is 5. The average Bonchev–Trinajstić information content (AvgIpc) is 2.43. The summed E-state index contributed by atoms with van der Waals surface area (Å²) in [6.45, 7) is 2.05. The van der Waals surface area contributed by atoms with Crippen molar-refractivity contribution in [2.75, 3.05) is 7.11 Å². The lowest BCUT2D eigenvalue weighted by molar-refractivity contribution is 0.405. The SMILES string of the molecule is COc1ccc(C)cc1CC(NN)c1cc(Cl)cc(Cl)c1. The van der Waals surface area contributed by atoms with Gasteiger partial charge in [-0.05, 0) is 48.7 Å². The van der Waals surface area contributed by atoms with E-state index in [1.165, 1.54) is 5.56 Å². The van der Waals surface area contributed by atoms with E-state index in [4.69, 9.17) is 33.8 Å². The van der Waals surface area contributed by atoms with Gasteiger partial charge in [0.2, 0.25) is 0 Å². The first kappa shape index (κ1) is 16.1. The number of benzene rings is 2. The Labute approximate surface area is 135 Å². The third-order valence-corrected chi connectivity index (χ3v) is 3.78. The molecule has 3 N–H and O–H groups in total. The Morgan fingerprint density at radius 2 is 1.81 bits per heavy atom. The van der Waals surface area contributed by atoms with Crippen molar-refractivity contribution in [3.8, 4) is 5.75 Å². The van der Waals surface area contributed by atoms with Gasteiger partial charge in [0.15, 0.2) is 0 Å². The highest BCUT2D eigenvalue weighted by Gasteiger charge is 2.15. The summed E-state index contributed by atoms with van der Waals surface area (Å²) in [5.41, 5.74) is 6.01. The van der Waals surface area contributed by atoms with Gasteiger partial charge in [0.25, 0.3) is 0 Å². The molecular formula is C16H18Cl2N2O. The average molecular weight is 325 g/mol. The van der Waals surface area contributed by atoms with Crippen LogP contribution in [-0.2, 0) is 6.42 Å². The number of aryl methyl sites for hydroxylation is 1. The molecule has 0 aliphatic carbocycles. The molecule has 0 saturated heterocycles. The topological polar surface area (TPSA) is 47.3 Å². The fourth-order valence-corrected chi connectivity index (χ4v) is 2.88. The Bertz CT molecular complexity index is 611. The van der Waals surface area contributed by atoms with Crippen molar-refractivity contribution in [2.45, 2.75) is 19.4 Å². The van der Waals surface area contributed by atoms with Crippen LogP contribution in [0.4, 0.5) is 0 Å². The monoisotopic (exact) mass is 324 g/mol. The van der Waals surface area contributed by atoms with Gasteiger partial charge in [-0.15, -0.1) is 0 Å². The van der Waals surface area contributed by atoms with Crippen LogP contribution >= 0.6 is 23.2 Å². The molecule has 0 radical (unpaired) electrons. The molecular weight excluding hydrogens is 307 g/mol. The van der Waals surface area contributed by atoms with Crippen molar-refractivity contribution in [3.05, 3.63) is 63.1 Å². The Balaban J connectivity index is 2.32. The Kier molecular flexibility index (Phi) is 5.48. The van der Waals surface area contributed by atoms with E-state index in [9.17, 15) is 0 Å². The molecule has 112 valence electrons. The number of nitrogens with two attached hydrogens (primary N) is 1. The summed E-state index contributed by atoms with van der Waals surface area (Å²) in [6.07, 6.45) is 0.679. The van der Waals surface area contributed by atoms with Gasteiger partial charge in [-0.2, -0.15) is 0 Å². The first-order valence-corrected chi connectivity index (χ1v) is 7.34. The maximum Gasteiger partial charge on any atom is 0.122 e. The van der Waals surface area contributed by atoms with Crippen molar-refractivity contribution in [1.29, 1.82) is 0 Å². The first-order chi connectivity index (χ1) is 10.0. The van der Waals surface area contributed by atoms with E-state index in [1.807, 2.05) is 31.2 Å². The van der Waals surface area contributed by atoms with Crippen LogP contribution < -0.4 is 16.0 Å². The minimum atomic E-state index is -0.100. The molecule has 3 nitrogen and oxygen atoms in total. The third kappa shape index (κ3) is 4.11. The molecule has 0 amide bonds. The highest BCUT2D eigenvalue weighted by atomic mass is 35.5. The van der Waals surface area contributed by atoms with Gasteiger partial charge in [-0.1, -0.05) is 40.9 Å². The molecule has 0 fully saturated rings. The Morgan fingerprint density at radius 1 is 1.14 bits per heavy atom. The third-order valence-electron chi connectivity index (χ3n) is 3.35. The zero-order chi connectivity index (χ0) is 15.4. The molecule has 2 aromatic carbocycles. The number of nitrogens with one attached hydrogen (secondary N) is 1. The second-order valence-electron chi connectivity index (χ2n) is 4.94. The lowest BCUT2D eigenvalue weighted by atomic mass is 9.97. The van der Waals surface area contributed by atoms with E-state index in [-0.39, 0.29) is 6.04 Å². The molecule has 0 aliphatic heterocycles. The second kappa shape index (κ2) is 7.14. The molecule has 0 bridgehead atoms. The summed E-state index contributed by atoms with van der Waals surface area (Å²) in [6, 6.07) is 11.4. The minimum Gasteiger partial charge on any atom is -0.496 e. The zero-order valence-corrected chi connectivity index (χ0v) is 13.5. The number of hydrazine groups is 1. The summed E-state index contributed by atoms with van der Waals surface area (Å²) in [5, 5.41) is 1.18. The largest absolute Gasteiger partial charge is 0.496 e. The predicted molar refractivity (Wildman–Crippen MR) is 88.0 cm³/mol. The summed E-state index contributed by atoms with van der Waals surface area (Å²) in [7, 11) is 1.66. The summed E-state index contributed by atoms with van der Waals surface area (Å²) in [4.78, 5) is 0. The van der Waals surface area contributed by atoms with Crippen molar-refractivity contribution in [2.24, 2.45) is 5.84 Å². The van der Waals surface area contributed by atoms with Crippen molar-refractivity contribution >= 4 is 23.2 Å².